The van der Waals surface area contributed by atoms with Crippen molar-refractivity contribution >= 4 is 11.3 Å². The number of rotatable bonds is 5. The predicted molar refractivity (Wildman–Crippen MR) is 70.7 cm³/mol. The minimum Gasteiger partial charge on any atom is -0.276 e. The molecule has 17 heavy (non-hydrogen) atoms. The summed E-state index contributed by atoms with van der Waals surface area (Å²) in [4.78, 5) is 2.68. The Labute approximate surface area is 105 Å². The minimum absolute atomic E-state index is 0.171. The van der Waals surface area contributed by atoms with Gasteiger partial charge in [-0.05, 0) is 30.5 Å². The predicted octanol–water partition coefficient (Wildman–Crippen LogP) is 1.79. The number of aromatic nitrogens is 2. The van der Waals surface area contributed by atoms with Crippen LogP contribution >= 0.6 is 11.3 Å². The summed E-state index contributed by atoms with van der Waals surface area (Å²) in [7, 11) is 1.93. The van der Waals surface area contributed by atoms with Gasteiger partial charge in [0.25, 0.3) is 0 Å². The molecule has 2 rings (SSSR count). The summed E-state index contributed by atoms with van der Waals surface area (Å²) in [6.07, 6.45) is 5.86. The first-order valence-electron chi connectivity index (χ1n) is 5.75. The van der Waals surface area contributed by atoms with E-state index in [0.29, 0.717) is 0 Å². The van der Waals surface area contributed by atoms with Gasteiger partial charge in [0.15, 0.2) is 0 Å². The number of hydrogen-bond acceptors (Lipinski definition) is 4. The second-order valence-electron chi connectivity index (χ2n) is 4.10. The monoisotopic (exact) mass is 250 g/mol. The molecule has 0 fully saturated rings. The molecule has 0 aliphatic carbocycles. The Morgan fingerprint density at radius 1 is 1.53 bits per heavy atom. The summed E-state index contributed by atoms with van der Waals surface area (Å²) < 4.78 is 1.81. The molecule has 5 heteroatoms. The zero-order valence-corrected chi connectivity index (χ0v) is 11.0. The number of nitrogens with two attached hydrogens (primary N) is 1. The van der Waals surface area contributed by atoms with Crippen LogP contribution in [0.15, 0.2) is 24.5 Å². The van der Waals surface area contributed by atoms with Gasteiger partial charge in [0.05, 0.1) is 12.2 Å². The van der Waals surface area contributed by atoms with Crippen molar-refractivity contribution in [3.8, 4) is 0 Å². The standard InChI is InChI=1S/C12H18N4S/c1-3-10-4-5-12(17-10)11(15-13)6-9-7-14-16(2)8-9/h4-5,7-8,11,15H,3,6,13H2,1-2H3. The van der Waals surface area contributed by atoms with Crippen LogP contribution in [0.25, 0.3) is 0 Å². The lowest BCUT2D eigenvalue weighted by Gasteiger charge is -2.12. The zero-order chi connectivity index (χ0) is 12.3. The van der Waals surface area contributed by atoms with Gasteiger partial charge in [-0.2, -0.15) is 5.10 Å². The highest BCUT2D eigenvalue weighted by Crippen LogP contribution is 2.25. The van der Waals surface area contributed by atoms with Crippen molar-refractivity contribution in [2.45, 2.75) is 25.8 Å². The molecule has 4 nitrogen and oxygen atoms in total. The fourth-order valence-electron chi connectivity index (χ4n) is 1.83. The smallest absolute Gasteiger partial charge is 0.0594 e. The summed E-state index contributed by atoms with van der Waals surface area (Å²) in [5.41, 5.74) is 4.08. The summed E-state index contributed by atoms with van der Waals surface area (Å²) >= 11 is 1.82. The molecular weight excluding hydrogens is 232 g/mol. The molecule has 0 saturated carbocycles. The summed E-state index contributed by atoms with van der Waals surface area (Å²) in [6.45, 7) is 2.17. The molecule has 0 amide bonds. The Morgan fingerprint density at radius 2 is 2.35 bits per heavy atom. The third kappa shape index (κ3) is 2.94. The zero-order valence-electron chi connectivity index (χ0n) is 10.2. The number of thiophene rings is 1. The molecule has 0 spiro atoms. The van der Waals surface area contributed by atoms with Crippen LogP contribution in [-0.4, -0.2) is 9.78 Å². The topological polar surface area (TPSA) is 55.9 Å². The Kier molecular flexibility index (Phi) is 3.93. The third-order valence-electron chi connectivity index (χ3n) is 2.77. The molecule has 1 atom stereocenters. The lowest BCUT2D eigenvalue weighted by Crippen LogP contribution is -2.28. The number of nitrogens with one attached hydrogen (secondary N) is 1. The van der Waals surface area contributed by atoms with E-state index in [4.69, 9.17) is 5.84 Å². The van der Waals surface area contributed by atoms with Crippen LogP contribution in [-0.2, 0) is 19.9 Å². The molecule has 0 saturated heterocycles. The molecule has 3 N–H and O–H groups in total. The fraction of sp³-hybridized carbons (Fsp3) is 0.417. The van der Waals surface area contributed by atoms with Crippen LogP contribution in [0.2, 0.25) is 0 Å². The van der Waals surface area contributed by atoms with Crippen LogP contribution in [0.4, 0.5) is 0 Å². The molecule has 0 aliphatic heterocycles. The van der Waals surface area contributed by atoms with Gasteiger partial charge in [-0.1, -0.05) is 6.92 Å². The van der Waals surface area contributed by atoms with E-state index in [0.717, 1.165) is 12.8 Å². The van der Waals surface area contributed by atoms with Crippen molar-refractivity contribution in [3.05, 3.63) is 39.8 Å². The fourth-order valence-corrected chi connectivity index (χ4v) is 2.84. The Balaban J connectivity index is 2.10. The largest absolute Gasteiger partial charge is 0.276 e. The van der Waals surface area contributed by atoms with Crippen molar-refractivity contribution < 1.29 is 0 Å². The van der Waals surface area contributed by atoms with Gasteiger partial charge in [0.2, 0.25) is 0 Å². The van der Waals surface area contributed by atoms with E-state index < -0.39 is 0 Å². The maximum atomic E-state index is 5.64. The third-order valence-corrected chi connectivity index (χ3v) is 4.12. The lowest BCUT2D eigenvalue weighted by molar-refractivity contribution is 0.560. The van der Waals surface area contributed by atoms with Crippen LogP contribution in [0.1, 0.15) is 28.3 Å². The number of hydrogen-bond donors (Lipinski definition) is 2. The van der Waals surface area contributed by atoms with Crippen LogP contribution < -0.4 is 11.3 Å². The molecule has 1 unspecified atom stereocenters. The van der Waals surface area contributed by atoms with Crippen molar-refractivity contribution in [3.63, 3.8) is 0 Å². The van der Waals surface area contributed by atoms with E-state index in [1.54, 1.807) is 0 Å². The first-order valence-corrected chi connectivity index (χ1v) is 6.56. The highest BCUT2D eigenvalue weighted by Gasteiger charge is 2.13. The van der Waals surface area contributed by atoms with Gasteiger partial charge in [0.1, 0.15) is 0 Å². The SMILES string of the molecule is CCc1ccc(C(Cc2cnn(C)c2)NN)s1. The van der Waals surface area contributed by atoms with Crippen molar-refractivity contribution in [1.82, 2.24) is 15.2 Å². The summed E-state index contributed by atoms with van der Waals surface area (Å²) in [5, 5.41) is 4.17. The Bertz CT molecular complexity index is 474. The number of hydrazine groups is 1. The van der Waals surface area contributed by atoms with Gasteiger partial charge in [-0.25, -0.2) is 0 Å². The van der Waals surface area contributed by atoms with E-state index >= 15 is 0 Å². The van der Waals surface area contributed by atoms with Crippen molar-refractivity contribution in [1.29, 1.82) is 0 Å². The van der Waals surface area contributed by atoms with Gasteiger partial charge >= 0.3 is 0 Å². The molecule has 0 radical (unpaired) electrons. The molecular formula is C12H18N4S. The summed E-state index contributed by atoms with van der Waals surface area (Å²) in [6, 6.07) is 4.50. The molecule has 92 valence electrons. The average molecular weight is 250 g/mol. The maximum absolute atomic E-state index is 5.64. The van der Waals surface area contributed by atoms with E-state index in [9.17, 15) is 0 Å². The highest BCUT2D eigenvalue weighted by molar-refractivity contribution is 7.12. The first-order chi connectivity index (χ1) is 8.22. The Morgan fingerprint density at radius 3 is 2.88 bits per heavy atom. The van der Waals surface area contributed by atoms with Gasteiger partial charge in [-0.3, -0.25) is 16.0 Å². The van der Waals surface area contributed by atoms with Gasteiger partial charge in [-0.15, -0.1) is 11.3 Å². The van der Waals surface area contributed by atoms with E-state index in [2.05, 4.69) is 29.6 Å². The molecule has 0 bridgehead atoms. The Hall–Kier alpha value is -1.17. The molecule has 0 aliphatic rings. The van der Waals surface area contributed by atoms with E-state index in [1.807, 2.05) is 35.5 Å². The van der Waals surface area contributed by atoms with Crippen molar-refractivity contribution in [2.24, 2.45) is 12.9 Å². The van der Waals surface area contributed by atoms with Crippen LogP contribution in [0, 0.1) is 0 Å². The first kappa shape index (κ1) is 12.3. The normalized spacial score (nSPS) is 12.9. The molecule has 2 aromatic heterocycles. The van der Waals surface area contributed by atoms with Gasteiger partial charge < -0.3 is 0 Å². The van der Waals surface area contributed by atoms with Crippen LogP contribution in [0.5, 0.6) is 0 Å². The highest BCUT2D eigenvalue weighted by atomic mass is 32.1. The number of aryl methyl sites for hydroxylation is 2. The van der Waals surface area contributed by atoms with Crippen LogP contribution in [0.3, 0.4) is 0 Å². The minimum atomic E-state index is 0.171. The van der Waals surface area contributed by atoms with Crippen molar-refractivity contribution in [2.75, 3.05) is 0 Å². The average Bonchev–Trinajstić information content (AvgIpc) is 2.94. The molecule has 2 heterocycles. The molecule has 0 aromatic carbocycles. The second kappa shape index (κ2) is 5.44. The van der Waals surface area contributed by atoms with Gasteiger partial charge in [0, 0.05) is 23.0 Å². The van der Waals surface area contributed by atoms with E-state index in [1.165, 1.54) is 15.3 Å². The number of nitrogens with zero attached hydrogens (tertiary/aromatic N) is 2. The lowest BCUT2D eigenvalue weighted by atomic mass is 10.1. The van der Waals surface area contributed by atoms with E-state index in [-0.39, 0.29) is 6.04 Å². The molecule has 2 aromatic rings. The second-order valence-corrected chi connectivity index (χ2v) is 5.30. The maximum Gasteiger partial charge on any atom is 0.0594 e. The quantitative estimate of drug-likeness (QED) is 0.628. The summed E-state index contributed by atoms with van der Waals surface area (Å²) in [5.74, 6) is 5.64.